The van der Waals surface area contributed by atoms with Crippen LogP contribution in [0.1, 0.15) is 51.3 Å². The highest BCUT2D eigenvalue weighted by Gasteiger charge is 2.32. The number of carbonyl (C=O) groups is 1. The first-order valence-electron chi connectivity index (χ1n) is 10.7. The van der Waals surface area contributed by atoms with Gasteiger partial charge in [0.1, 0.15) is 5.75 Å². The lowest BCUT2D eigenvalue weighted by atomic mass is 10.0. The third kappa shape index (κ3) is 5.32. The van der Waals surface area contributed by atoms with Crippen molar-refractivity contribution in [2.75, 3.05) is 18.6 Å². The molecule has 0 radical (unpaired) electrons. The Morgan fingerprint density at radius 2 is 1.83 bits per heavy atom. The van der Waals surface area contributed by atoms with Gasteiger partial charge in [-0.15, -0.1) is 0 Å². The third-order valence-electron chi connectivity index (χ3n) is 5.36. The molecule has 0 aromatic heterocycles. The summed E-state index contributed by atoms with van der Waals surface area (Å²) in [5.74, 6) is 1.21. The van der Waals surface area contributed by atoms with E-state index in [1.165, 1.54) is 12.8 Å². The molecule has 0 fully saturated rings. The van der Waals surface area contributed by atoms with E-state index in [1.807, 2.05) is 54.6 Å². The molecule has 1 N–H and O–H groups in total. The Labute approximate surface area is 178 Å². The van der Waals surface area contributed by atoms with E-state index in [0.29, 0.717) is 12.5 Å². The molecule has 1 heterocycles. The fraction of sp³-hybridized carbons (Fsp3) is 0.417. The van der Waals surface area contributed by atoms with Crippen LogP contribution in [0.15, 0.2) is 59.6 Å². The molecule has 1 aliphatic heterocycles. The summed E-state index contributed by atoms with van der Waals surface area (Å²) in [5, 5.41) is 2.81. The number of nitrogens with zero attached hydrogens (tertiary/aromatic N) is 2. The Balaban J connectivity index is 1.86. The number of amides is 2. The molecule has 2 atom stereocenters. The molecule has 2 unspecified atom stereocenters. The van der Waals surface area contributed by atoms with Gasteiger partial charge in [-0.2, -0.15) is 0 Å². The average Bonchev–Trinajstić information content (AvgIpc) is 2.79. The molecule has 3 rings (SSSR count). The highest BCUT2D eigenvalue weighted by atomic mass is 16.5. The number of ether oxygens (including phenoxy) is 2. The second-order valence-electron chi connectivity index (χ2n) is 7.44. The SMILES string of the molecule is CCCCC(CC)COC1=NC(c2ccc(OC)cc2)N(c2ccccc2)C(=O)N1. The number of benzene rings is 2. The Morgan fingerprint density at radius 3 is 2.47 bits per heavy atom. The van der Waals surface area contributed by atoms with E-state index in [1.54, 1.807) is 12.0 Å². The zero-order valence-corrected chi connectivity index (χ0v) is 18.0. The smallest absolute Gasteiger partial charge is 0.331 e. The molecule has 0 saturated heterocycles. The summed E-state index contributed by atoms with van der Waals surface area (Å²) in [7, 11) is 1.63. The molecule has 1 aliphatic rings. The number of para-hydroxylation sites is 1. The Bertz CT molecular complexity index is 837. The summed E-state index contributed by atoms with van der Waals surface area (Å²) in [6.07, 6.45) is 3.99. The van der Waals surface area contributed by atoms with Crippen LogP contribution in [0.3, 0.4) is 0 Å². The molecular formula is C24H31N3O3. The summed E-state index contributed by atoms with van der Waals surface area (Å²) in [4.78, 5) is 19.4. The number of nitrogens with one attached hydrogen (secondary N) is 1. The molecule has 0 bridgehead atoms. The predicted octanol–water partition coefficient (Wildman–Crippen LogP) is 5.51. The van der Waals surface area contributed by atoms with Crippen molar-refractivity contribution in [1.82, 2.24) is 5.32 Å². The van der Waals surface area contributed by atoms with Gasteiger partial charge in [0.2, 0.25) is 0 Å². The van der Waals surface area contributed by atoms with Gasteiger partial charge in [0, 0.05) is 5.69 Å². The highest BCUT2D eigenvalue weighted by molar-refractivity contribution is 6.04. The number of methoxy groups -OCH3 is 1. The van der Waals surface area contributed by atoms with E-state index >= 15 is 0 Å². The number of amidine groups is 1. The summed E-state index contributed by atoms with van der Waals surface area (Å²) >= 11 is 0. The van der Waals surface area contributed by atoms with Crippen molar-refractivity contribution in [3.8, 4) is 5.75 Å². The Morgan fingerprint density at radius 1 is 1.10 bits per heavy atom. The molecule has 0 spiro atoms. The van der Waals surface area contributed by atoms with Crippen LogP contribution in [0.2, 0.25) is 0 Å². The number of hydrogen-bond acceptors (Lipinski definition) is 4. The monoisotopic (exact) mass is 409 g/mol. The lowest BCUT2D eigenvalue weighted by Crippen LogP contribution is -2.50. The zero-order chi connectivity index (χ0) is 21.3. The van der Waals surface area contributed by atoms with Crippen LogP contribution in [0.4, 0.5) is 10.5 Å². The van der Waals surface area contributed by atoms with Gasteiger partial charge >= 0.3 is 6.03 Å². The Hall–Kier alpha value is -3.02. The minimum Gasteiger partial charge on any atom is -0.497 e. The molecule has 2 aromatic rings. The topological polar surface area (TPSA) is 63.2 Å². The van der Waals surface area contributed by atoms with Crippen molar-refractivity contribution >= 4 is 17.7 Å². The van der Waals surface area contributed by atoms with Crippen LogP contribution >= 0.6 is 0 Å². The number of hydrogen-bond donors (Lipinski definition) is 1. The molecule has 2 amide bonds. The van der Waals surface area contributed by atoms with Gasteiger partial charge in [-0.05, 0) is 42.2 Å². The number of unbranched alkanes of at least 4 members (excludes halogenated alkanes) is 1. The second kappa shape index (κ2) is 10.7. The average molecular weight is 410 g/mol. The molecule has 0 aliphatic carbocycles. The highest BCUT2D eigenvalue weighted by Crippen LogP contribution is 2.31. The van der Waals surface area contributed by atoms with Crippen molar-refractivity contribution in [3.05, 3.63) is 60.2 Å². The number of aliphatic imine (C=N–C) groups is 1. The number of rotatable bonds is 9. The molecule has 0 saturated carbocycles. The predicted molar refractivity (Wildman–Crippen MR) is 120 cm³/mol. The fourth-order valence-corrected chi connectivity index (χ4v) is 3.48. The maximum absolute atomic E-state index is 13.0. The molecule has 6 heteroatoms. The van der Waals surface area contributed by atoms with Gasteiger partial charge in [0.25, 0.3) is 6.02 Å². The second-order valence-corrected chi connectivity index (χ2v) is 7.44. The van der Waals surface area contributed by atoms with E-state index in [0.717, 1.165) is 29.8 Å². The van der Waals surface area contributed by atoms with E-state index in [2.05, 4.69) is 19.2 Å². The van der Waals surface area contributed by atoms with Crippen LogP contribution in [-0.4, -0.2) is 25.8 Å². The maximum atomic E-state index is 13.0. The van der Waals surface area contributed by atoms with Crippen molar-refractivity contribution in [2.45, 2.75) is 45.7 Å². The van der Waals surface area contributed by atoms with Gasteiger partial charge in [-0.25, -0.2) is 9.79 Å². The first-order chi connectivity index (χ1) is 14.7. The number of anilines is 1. The molecule has 160 valence electrons. The van der Waals surface area contributed by atoms with E-state index in [-0.39, 0.29) is 12.1 Å². The Kier molecular flexibility index (Phi) is 7.71. The van der Waals surface area contributed by atoms with E-state index in [9.17, 15) is 4.79 Å². The quantitative estimate of drug-likeness (QED) is 0.594. The van der Waals surface area contributed by atoms with Crippen LogP contribution < -0.4 is 15.0 Å². The van der Waals surface area contributed by atoms with Gasteiger partial charge in [0.05, 0.1) is 13.7 Å². The van der Waals surface area contributed by atoms with Gasteiger partial charge in [-0.3, -0.25) is 10.2 Å². The minimum absolute atomic E-state index is 0.256. The zero-order valence-electron chi connectivity index (χ0n) is 18.0. The van der Waals surface area contributed by atoms with Gasteiger partial charge in [-0.1, -0.05) is 63.4 Å². The van der Waals surface area contributed by atoms with Gasteiger partial charge in [0.15, 0.2) is 6.17 Å². The molecule has 30 heavy (non-hydrogen) atoms. The van der Waals surface area contributed by atoms with Crippen LogP contribution in [0.25, 0.3) is 0 Å². The van der Waals surface area contributed by atoms with E-state index in [4.69, 9.17) is 14.5 Å². The van der Waals surface area contributed by atoms with Crippen molar-refractivity contribution in [3.63, 3.8) is 0 Å². The summed E-state index contributed by atoms with van der Waals surface area (Å²) in [5.41, 5.74) is 1.65. The maximum Gasteiger partial charge on any atom is 0.331 e. The van der Waals surface area contributed by atoms with Crippen molar-refractivity contribution in [2.24, 2.45) is 10.9 Å². The number of urea groups is 1. The lowest BCUT2D eigenvalue weighted by Gasteiger charge is -2.34. The number of carbonyl (C=O) groups excluding carboxylic acids is 1. The summed E-state index contributed by atoms with van der Waals surface area (Å²) < 4.78 is 11.2. The first-order valence-corrected chi connectivity index (χ1v) is 10.7. The third-order valence-corrected chi connectivity index (χ3v) is 5.36. The summed E-state index contributed by atoms with van der Waals surface area (Å²) in [6, 6.07) is 17.2. The van der Waals surface area contributed by atoms with Crippen LogP contribution in [-0.2, 0) is 4.74 Å². The first kappa shape index (κ1) is 21.7. The molecular weight excluding hydrogens is 378 g/mol. The van der Waals surface area contributed by atoms with Crippen LogP contribution in [0.5, 0.6) is 5.75 Å². The largest absolute Gasteiger partial charge is 0.497 e. The standard InChI is InChI=1S/C24H31N3O3/c1-4-6-10-18(5-2)17-30-23-25-22(19-13-15-21(29-3)16-14-19)27(24(28)26-23)20-11-8-7-9-12-20/h7-9,11-16,18,22H,4-6,10,17H2,1-3H3,(H,25,26,28). The minimum atomic E-state index is -0.516. The summed E-state index contributed by atoms with van der Waals surface area (Å²) in [6.45, 7) is 4.91. The lowest BCUT2D eigenvalue weighted by molar-refractivity contribution is 0.204. The van der Waals surface area contributed by atoms with Gasteiger partial charge < -0.3 is 9.47 Å². The van der Waals surface area contributed by atoms with Crippen molar-refractivity contribution < 1.29 is 14.3 Å². The van der Waals surface area contributed by atoms with E-state index < -0.39 is 6.17 Å². The molecule has 6 nitrogen and oxygen atoms in total. The van der Waals surface area contributed by atoms with Crippen molar-refractivity contribution in [1.29, 1.82) is 0 Å². The normalized spacial score (nSPS) is 17.2. The fourth-order valence-electron chi connectivity index (χ4n) is 3.48. The van der Waals surface area contributed by atoms with Crippen LogP contribution in [0, 0.1) is 5.92 Å². The molecule has 2 aromatic carbocycles.